The molecule has 302 valence electrons. The first-order valence-corrected chi connectivity index (χ1v) is 18.3. The van der Waals surface area contributed by atoms with E-state index in [-0.39, 0.29) is 61.7 Å². The van der Waals surface area contributed by atoms with Crippen LogP contribution in [0.1, 0.15) is 97.4 Å². The molecule has 15 nitrogen and oxygen atoms in total. The van der Waals surface area contributed by atoms with Crippen LogP contribution in [0.15, 0.2) is 42.8 Å². The monoisotopic (exact) mass is 769 g/mol. The molecule has 55 heavy (non-hydrogen) atoms. The van der Waals surface area contributed by atoms with Crippen LogP contribution >= 0.6 is 0 Å². The van der Waals surface area contributed by atoms with E-state index in [1.165, 1.54) is 35.0 Å². The van der Waals surface area contributed by atoms with Crippen LogP contribution < -0.4 is 9.47 Å². The summed E-state index contributed by atoms with van der Waals surface area (Å²) in [6.45, 7) is 17.3. The van der Waals surface area contributed by atoms with E-state index in [0.29, 0.717) is 11.3 Å². The zero-order valence-corrected chi connectivity index (χ0v) is 33.7. The van der Waals surface area contributed by atoms with Crippen molar-refractivity contribution < 1.29 is 57.1 Å². The fourth-order valence-corrected chi connectivity index (χ4v) is 5.63. The van der Waals surface area contributed by atoms with Gasteiger partial charge in [0.05, 0.1) is 19.2 Å². The van der Waals surface area contributed by atoms with Gasteiger partial charge in [-0.05, 0) is 86.4 Å². The standard InChI is InChI=1S/C40H55N3O12/c1-25-15-16-29(44)34-30(52-40(9,10)53-34)14-12-13-27-21-28(22-31(50-24-48-11)33(27)35(45)51-26(25)2)49-20-19-42(36(46)54-38(3,4)5)23-32-41-17-18-43(32)37(47)55-39(6,7)8/h12-13,15-18,21-22,25-26,30,34H,14,19-20,23-24H2,1-11H3/b13-12?,16-15-/t25-,26+,30+,34-/m1/s1. The van der Waals surface area contributed by atoms with Crippen molar-refractivity contribution in [3.63, 3.8) is 0 Å². The average Bonchev–Trinajstić information content (AvgIpc) is 3.66. The van der Waals surface area contributed by atoms with E-state index in [9.17, 15) is 19.2 Å². The predicted molar refractivity (Wildman–Crippen MR) is 201 cm³/mol. The van der Waals surface area contributed by atoms with Gasteiger partial charge in [-0.2, -0.15) is 0 Å². The fraction of sp³-hybridized carbons (Fsp3) is 0.575. The zero-order chi connectivity index (χ0) is 40.7. The molecule has 1 fully saturated rings. The topological polar surface area (TPSA) is 163 Å². The van der Waals surface area contributed by atoms with Crippen molar-refractivity contribution in [1.82, 2.24) is 14.5 Å². The first-order valence-electron chi connectivity index (χ1n) is 18.3. The van der Waals surface area contributed by atoms with E-state index in [1.807, 2.05) is 6.92 Å². The van der Waals surface area contributed by atoms with E-state index in [1.54, 1.807) is 92.7 Å². The van der Waals surface area contributed by atoms with Crippen LogP contribution in [0.25, 0.3) is 6.08 Å². The molecule has 3 heterocycles. The molecule has 0 saturated carbocycles. The Morgan fingerprint density at radius 2 is 1.71 bits per heavy atom. The molecular weight excluding hydrogens is 714 g/mol. The number of amides is 1. The number of ketones is 1. The highest BCUT2D eigenvalue weighted by molar-refractivity contribution is 5.97. The summed E-state index contributed by atoms with van der Waals surface area (Å²) in [4.78, 5) is 59.0. The van der Waals surface area contributed by atoms with Crippen LogP contribution in [0.4, 0.5) is 9.59 Å². The highest BCUT2D eigenvalue weighted by Crippen LogP contribution is 2.34. The molecule has 0 N–H and O–H groups in total. The second-order valence-corrected chi connectivity index (χ2v) is 15.8. The number of cyclic esters (lactones) is 1. The fourth-order valence-electron chi connectivity index (χ4n) is 5.63. The number of aromatic nitrogens is 2. The van der Waals surface area contributed by atoms with Crippen molar-refractivity contribution >= 4 is 30.0 Å². The first-order chi connectivity index (χ1) is 25.7. The maximum atomic E-state index is 13.8. The van der Waals surface area contributed by atoms with Crippen molar-refractivity contribution in [3.8, 4) is 11.5 Å². The number of imidazole rings is 1. The van der Waals surface area contributed by atoms with E-state index in [4.69, 9.17) is 37.9 Å². The van der Waals surface area contributed by atoms with Crippen LogP contribution in [0.5, 0.6) is 11.5 Å². The van der Waals surface area contributed by atoms with Crippen molar-refractivity contribution in [1.29, 1.82) is 0 Å². The summed E-state index contributed by atoms with van der Waals surface area (Å²) in [6.07, 6.45) is 6.53. The Bertz CT molecular complexity index is 1750. The Labute approximate surface area is 322 Å². The summed E-state index contributed by atoms with van der Waals surface area (Å²) in [5, 5.41) is 0. The lowest BCUT2D eigenvalue weighted by atomic mass is 9.99. The molecule has 4 atom stereocenters. The summed E-state index contributed by atoms with van der Waals surface area (Å²) >= 11 is 0. The molecule has 1 aromatic heterocycles. The first kappa shape index (κ1) is 43.0. The summed E-state index contributed by atoms with van der Waals surface area (Å²) < 4.78 is 47.6. The van der Waals surface area contributed by atoms with E-state index in [2.05, 4.69) is 4.98 Å². The number of benzene rings is 1. The van der Waals surface area contributed by atoms with Gasteiger partial charge in [-0.15, -0.1) is 0 Å². The molecule has 2 aliphatic heterocycles. The number of esters is 1. The lowest BCUT2D eigenvalue weighted by Crippen LogP contribution is -2.39. The smallest absolute Gasteiger partial charge is 0.420 e. The number of hydrogen-bond acceptors (Lipinski definition) is 13. The summed E-state index contributed by atoms with van der Waals surface area (Å²) in [6, 6.07) is 3.19. The molecule has 0 spiro atoms. The molecule has 0 radical (unpaired) electrons. The SMILES string of the molecule is COCOc1cc(OCCN(Cc2nccn2C(=O)OC(C)(C)C)C(=O)OC(C)(C)C)cc2c1C(=O)O[C@@H](C)[C@H](C)/C=C\C(=O)[C@H]1OC(C)(C)O[C@H]1CC=C2. The molecule has 15 heteroatoms. The number of nitrogens with zero attached hydrogens (tertiary/aromatic N) is 3. The van der Waals surface area contributed by atoms with Gasteiger partial charge in [0.25, 0.3) is 0 Å². The Morgan fingerprint density at radius 1 is 1.00 bits per heavy atom. The van der Waals surface area contributed by atoms with E-state index < -0.39 is 53.5 Å². The van der Waals surface area contributed by atoms with Crippen LogP contribution in [-0.2, 0) is 39.8 Å². The van der Waals surface area contributed by atoms with Crippen molar-refractivity contribution in [3.05, 3.63) is 59.7 Å². The largest absolute Gasteiger partial charge is 0.492 e. The third kappa shape index (κ3) is 12.4. The summed E-state index contributed by atoms with van der Waals surface area (Å²) in [5.41, 5.74) is -1.01. The number of ether oxygens (including phenoxy) is 8. The molecule has 2 aromatic rings. The normalized spacial score (nSPS) is 22.1. The van der Waals surface area contributed by atoms with Gasteiger partial charge in [-0.1, -0.05) is 25.2 Å². The van der Waals surface area contributed by atoms with Crippen LogP contribution in [-0.4, -0.2) is 101 Å². The van der Waals surface area contributed by atoms with Gasteiger partial charge in [-0.25, -0.2) is 23.9 Å². The van der Waals surface area contributed by atoms with Gasteiger partial charge in [0, 0.05) is 31.5 Å². The molecule has 1 aromatic carbocycles. The van der Waals surface area contributed by atoms with E-state index >= 15 is 0 Å². The molecule has 0 bridgehead atoms. The van der Waals surface area contributed by atoms with Crippen LogP contribution in [0.3, 0.4) is 0 Å². The lowest BCUT2D eigenvalue weighted by Gasteiger charge is -2.27. The maximum Gasteiger partial charge on any atom is 0.420 e. The maximum absolute atomic E-state index is 13.8. The number of fused-ring (bicyclic) bond motifs is 2. The highest BCUT2D eigenvalue weighted by Gasteiger charge is 2.43. The number of carbonyl (C=O) groups is 4. The molecule has 4 rings (SSSR count). The Hall–Kier alpha value is -4.73. The molecule has 0 aliphatic carbocycles. The van der Waals surface area contributed by atoms with Gasteiger partial charge in [0.1, 0.15) is 52.9 Å². The van der Waals surface area contributed by atoms with Crippen molar-refractivity contribution in [2.45, 2.75) is 118 Å². The summed E-state index contributed by atoms with van der Waals surface area (Å²) in [5.74, 6) is -1.47. The van der Waals surface area contributed by atoms with Gasteiger partial charge in [0.15, 0.2) is 18.4 Å². The van der Waals surface area contributed by atoms with Crippen molar-refractivity contribution in [2.75, 3.05) is 27.1 Å². The Morgan fingerprint density at radius 3 is 2.38 bits per heavy atom. The van der Waals surface area contributed by atoms with Gasteiger partial charge >= 0.3 is 18.2 Å². The average molecular weight is 770 g/mol. The molecule has 1 amide bonds. The quantitative estimate of drug-likeness (QED) is 0.150. The molecule has 1 saturated heterocycles. The zero-order valence-electron chi connectivity index (χ0n) is 33.7. The second kappa shape index (κ2) is 17.8. The number of methoxy groups -OCH3 is 1. The second-order valence-electron chi connectivity index (χ2n) is 15.8. The summed E-state index contributed by atoms with van der Waals surface area (Å²) in [7, 11) is 1.45. The van der Waals surface area contributed by atoms with Crippen LogP contribution in [0, 0.1) is 5.92 Å². The number of carbonyl (C=O) groups excluding carboxylic acids is 4. The number of hydrogen-bond donors (Lipinski definition) is 0. The molecular formula is C40H55N3O12. The van der Waals surface area contributed by atoms with E-state index in [0.717, 1.165) is 0 Å². The van der Waals surface area contributed by atoms with Crippen molar-refractivity contribution in [2.24, 2.45) is 5.92 Å². The Kier molecular flexibility index (Phi) is 13.9. The third-order valence-electron chi connectivity index (χ3n) is 8.29. The van der Waals surface area contributed by atoms with Gasteiger partial charge in [-0.3, -0.25) is 9.69 Å². The third-order valence-corrected chi connectivity index (χ3v) is 8.29. The highest BCUT2D eigenvalue weighted by atomic mass is 16.8. The Balaban J connectivity index is 1.66. The van der Waals surface area contributed by atoms with Gasteiger partial charge in [0.2, 0.25) is 0 Å². The minimum atomic E-state index is -0.971. The van der Waals surface area contributed by atoms with Crippen LogP contribution in [0.2, 0.25) is 0 Å². The number of rotatable bonds is 9. The molecule has 0 unspecified atom stereocenters. The van der Waals surface area contributed by atoms with Gasteiger partial charge < -0.3 is 37.9 Å². The molecule has 2 aliphatic rings. The minimum absolute atomic E-state index is 0.0203. The minimum Gasteiger partial charge on any atom is -0.492 e. The predicted octanol–water partition coefficient (Wildman–Crippen LogP) is 6.71. The lowest BCUT2D eigenvalue weighted by molar-refractivity contribution is -0.152.